The monoisotopic (exact) mass is 572 g/mol. The van der Waals surface area contributed by atoms with E-state index in [0.29, 0.717) is 17.5 Å². The van der Waals surface area contributed by atoms with E-state index in [9.17, 15) is 14.7 Å². The molecule has 4 aromatic carbocycles. The van der Waals surface area contributed by atoms with Crippen molar-refractivity contribution in [2.24, 2.45) is 0 Å². The number of piperidine rings is 1. The largest absolute Gasteiger partial charge is 0.393 e. The normalized spacial score (nSPS) is 13.8. The number of ketones is 2. The van der Waals surface area contributed by atoms with Crippen molar-refractivity contribution in [1.82, 2.24) is 9.97 Å². The molecule has 1 aliphatic heterocycles. The van der Waals surface area contributed by atoms with Crippen LogP contribution in [0.5, 0.6) is 0 Å². The van der Waals surface area contributed by atoms with E-state index in [1.165, 1.54) is 0 Å². The number of aliphatic hydroxyl groups is 1. The summed E-state index contributed by atoms with van der Waals surface area (Å²) in [7, 11) is 3.94. The molecule has 2 N–H and O–H groups in total. The lowest BCUT2D eigenvalue weighted by Gasteiger charge is -2.31. The van der Waals surface area contributed by atoms with Gasteiger partial charge in [-0.05, 0) is 84.6 Å². The van der Waals surface area contributed by atoms with Crippen LogP contribution < -0.4 is 9.80 Å². The lowest BCUT2D eigenvalue weighted by atomic mass is 9.98. The van der Waals surface area contributed by atoms with E-state index in [0.717, 1.165) is 70.9 Å². The summed E-state index contributed by atoms with van der Waals surface area (Å²) in [6.07, 6.45) is 1.98. The van der Waals surface area contributed by atoms with Crippen LogP contribution in [0.3, 0.4) is 0 Å². The second-order valence-electron chi connectivity index (χ2n) is 11.5. The van der Waals surface area contributed by atoms with Gasteiger partial charge in [-0.1, -0.05) is 30.3 Å². The van der Waals surface area contributed by atoms with Crippen molar-refractivity contribution in [3.63, 3.8) is 0 Å². The van der Waals surface area contributed by atoms with Crippen molar-refractivity contribution in [3.05, 3.63) is 113 Å². The van der Waals surface area contributed by atoms with Gasteiger partial charge in [0.1, 0.15) is 5.82 Å². The SMILES string of the molecule is CN(C)c1ccc(C(=O)Cc2ccc(C(=O)Cc3ccc4nc(-c5ccc(N6CCC(O)CC6)cc5)[nH]c4c3)cc2)cc1. The third kappa shape index (κ3) is 6.52. The number of benzene rings is 4. The fraction of sp³-hybridized carbons (Fsp3) is 0.250. The molecule has 1 saturated heterocycles. The number of Topliss-reactive ketones (excluding diaryl/α,β-unsaturated/α-hetero) is 2. The molecule has 0 amide bonds. The summed E-state index contributed by atoms with van der Waals surface area (Å²) >= 11 is 0. The predicted molar refractivity (Wildman–Crippen MR) is 172 cm³/mol. The van der Waals surface area contributed by atoms with E-state index in [4.69, 9.17) is 4.98 Å². The number of nitrogens with one attached hydrogen (secondary N) is 1. The molecule has 0 unspecified atom stereocenters. The standard InChI is InChI=1S/C36H36N4O3/c1-39(2)29-12-8-27(9-13-29)34(42)22-24-3-6-26(7-4-24)35(43)23-25-5-16-32-33(21-25)38-36(37-32)28-10-14-30(15-11-28)40-19-17-31(41)18-20-40/h3-16,21,31,41H,17-20,22-23H2,1-2H3,(H,37,38). The Kier molecular flexibility index (Phi) is 8.07. The van der Waals surface area contributed by atoms with E-state index < -0.39 is 0 Å². The van der Waals surface area contributed by atoms with Gasteiger partial charge in [0.2, 0.25) is 0 Å². The summed E-state index contributed by atoms with van der Waals surface area (Å²) in [5, 5.41) is 9.78. The maximum absolute atomic E-state index is 13.1. The molecule has 0 bridgehead atoms. The number of aromatic amines is 1. The number of hydrogen-bond acceptors (Lipinski definition) is 6. The Morgan fingerprint density at radius 3 is 2.02 bits per heavy atom. The van der Waals surface area contributed by atoms with Crippen LogP contribution in [0.1, 0.15) is 44.7 Å². The number of aromatic nitrogens is 2. The van der Waals surface area contributed by atoms with Gasteiger partial charge in [0.05, 0.1) is 17.1 Å². The Morgan fingerprint density at radius 1 is 0.814 bits per heavy atom. The van der Waals surface area contributed by atoms with Crippen LogP contribution >= 0.6 is 0 Å². The fourth-order valence-corrected chi connectivity index (χ4v) is 5.59. The molecule has 7 nitrogen and oxygen atoms in total. The zero-order chi connectivity index (χ0) is 29.9. The number of nitrogens with zero attached hydrogens (tertiary/aromatic N) is 3. The van der Waals surface area contributed by atoms with Crippen molar-refractivity contribution >= 4 is 34.0 Å². The highest BCUT2D eigenvalue weighted by atomic mass is 16.3. The minimum atomic E-state index is -0.188. The van der Waals surface area contributed by atoms with Crippen LogP contribution in [0.4, 0.5) is 11.4 Å². The predicted octanol–water partition coefficient (Wildman–Crippen LogP) is 6.11. The quantitative estimate of drug-likeness (QED) is 0.207. The van der Waals surface area contributed by atoms with Gasteiger partial charge in [0, 0.05) is 68.1 Å². The van der Waals surface area contributed by atoms with Crippen molar-refractivity contribution in [2.45, 2.75) is 31.8 Å². The number of H-pyrrole nitrogens is 1. The Morgan fingerprint density at radius 2 is 1.40 bits per heavy atom. The number of anilines is 2. The fourth-order valence-electron chi connectivity index (χ4n) is 5.59. The molecule has 1 aliphatic rings. The molecule has 6 rings (SSSR count). The van der Waals surface area contributed by atoms with Crippen LogP contribution in [0, 0.1) is 0 Å². The Bertz CT molecular complexity index is 1730. The van der Waals surface area contributed by atoms with Gasteiger partial charge in [0.15, 0.2) is 11.6 Å². The average Bonchev–Trinajstić information content (AvgIpc) is 3.45. The highest BCUT2D eigenvalue weighted by Gasteiger charge is 2.18. The lowest BCUT2D eigenvalue weighted by molar-refractivity contribution is 0.0986. The van der Waals surface area contributed by atoms with Gasteiger partial charge in [0.25, 0.3) is 0 Å². The summed E-state index contributed by atoms with van der Waals surface area (Å²) in [6.45, 7) is 1.73. The topological polar surface area (TPSA) is 89.5 Å². The molecule has 1 aromatic heterocycles. The van der Waals surface area contributed by atoms with Crippen LogP contribution in [0.25, 0.3) is 22.4 Å². The molecule has 1 fully saturated rings. The highest BCUT2D eigenvalue weighted by molar-refractivity contribution is 5.99. The number of carbonyl (C=O) groups excluding carboxylic acids is 2. The van der Waals surface area contributed by atoms with Crippen LogP contribution in [0.15, 0.2) is 91.0 Å². The van der Waals surface area contributed by atoms with Gasteiger partial charge < -0.3 is 19.9 Å². The molecule has 0 radical (unpaired) electrons. The first-order valence-electron chi connectivity index (χ1n) is 14.8. The maximum Gasteiger partial charge on any atom is 0.167 e. The second kappa shape index (κ2) is 12.2. The lowest BCUT2D eigenvalue weighted by Crippen LogP contribution is -2.35. The number of hydrogen-bond donors (Lipinski definition) is 2. The third-order valence-electron chi connectivity index (χ3n) is 8.23. The molecule has 218 valence electrons. The minimum absolute atomic E-state index is 0.0251. The minimum Gasteiger partial charge on any atom is -0.393 e. The van der Waals surface area contributed by atoms with Gasteiger partial charge in [-0.3, -0.25) is 9.59 Å². The first kappa shape index (κ1) is 28.4. The molecular formula is C36H36N4O3. The number of imidazole rings is 1. The number of fused-ring (bicyclic) bond motifs is 1. The van der Waals surface area contributed by atoms with Gasteiger partial charge >= 0.3 is 0 Å². The summed E-state index contributed by atoms with van der Waals surface area (Å²) in [5.41, 5.74) is 8.05. The van der Waals surface area contributed by atoms with E-state index >= 15 is 0 Å². The second-order valence-corrected chi connectivity index (χ2v) is 11.5. The number of aliphatic hydroxyl groups excluding tert-OH is 1. The summed E-state index contributed by atoms with van der Waals surface area (Å²) in [5.74, 6) is 0.866. The Labute approximate surface area is 251 Å². The Balaban J connectivity index is 1.08. The molecule has 0 saturated carbocycles. The van der Waals surface area contributed by atoms with Gasteiger partial charge in [-0.15, -0.1) is 0 Å². The molecule has 5 aromatic rings. The van der Waals surface area contributed by atoms with Crippen LogP contribution in [-0.4, -0.2) is 59.9 Å². The van der Waals surface area contributed by atoms with Crippen molar-refractivity contribution in [1.29, 1.82) is 0 Å². The molecule has 0 spiro atoms. The van der Waals surface area contributed by atoms with Crippen molar-refractivity contribution in [3.8, 4) is 11.4 Å². The third-order valence-corrected chi connectivity index (χ3v) is 8.23. The molecule has 2 heterocycles. The first-order valence-corrected chi connectivity index (χ1v) is 14.8. The van der Waals surface area contributed by atoms with Crippen LogP contribution in [0.2, 0.25) is 0 Å². The molecule has 0 aliphatic carbocycles. The first-order chi connectivity index (χ1) is 20.8. The Hall–Kier alpha value is -4.75. The maximum atomic E-state index is 13.1. The molecule has 7 heteroatoms. The highest BCUT2D eigenvalue weighted by Crippen LogP contribution is 2.26. The van der Waals surface area contributed by atoms with E-state index in [2.05, 4.69) is 34.1 Å². The van der Waals surface area contributed by atoms with E-state index in [1.807, 2.05) is 85.7 Å². The molecular weight excluding hydrogens is 536 g/mol. The van der Waals surface area contributed by atoms with E-state index in [1.54, 1.807) is 0 Å². The molecule has 0 atom stereocenters. The smallest absolute Gasteiger partial charge is 0.167 e. The zero-order valence-corrected chi connectivity index (χ0v) is 24.6. The summed E-state index contributed by atoms with van der Waals surface area (Å²) in [6, 6.07) is 29.2. The molecule has 43 heavy (non-hydrogen) atoms. The number of carbonyl (C=O) groups is 2. The summed E-state index contributed by atoms with van der Waals surface area (Å²) in [4.78, 5) is 38.3. The van der Waals surface area contributed by atoms with Crippen molar-refractivity contribution in [2.75, 3.05) is 37.0 Å². The average molecular weight is 573 g/mol. The van der Waals surface area contributed by atoms with Crippen molar-refractivity contribution < 1.29 is 14.7 Å². The zero-order valence-electron chi connectivity index (χ0n) is 24.6. The summed E-state index contributed by atoms with van der Waals surface area (Å²) < 4.78 is 0. The van der Waals surface area contributed by atoms with Gasteiger partial charge in [-0.2, -0.15) is 0 Å². The van der Waals surface area contributed by atoms with Gasteiger partial charge in [-0.25, -0.2) is 4.98 Å². The van der Waals surface area contributed by atoms with E-state index in [-0.39, 0.29) is 24.1 Å². The number of rotatable bonds is 9. The van der Waals surface area contributed by atoms with Crippen LogP contribution in [-0.2, 0) is 12.8 Å².